The van der Waals surface area contributed by atoms with Crippen molar-refractivity contribution in [3.05, 3.63) is 87.2 Å². The molecule has 270 valence electrons. The van der Waals surface area contributed by atoms with Crippen molar-refractivity contribution >= 4 is 67.1 Å². The Hall–Kier alpha value is -4.92. The number of aromatic hydroxyl groups is 8. The van der Waals surface area contributed by atoms with Gasteiger partial charge in [0.1, 0.15) is 33.8 Å². The first kappa shape index (κ1) is 36.9. The maximum atomic E-state index is 13.3. The van der Waals surface area contributed by atoms with Gasteiger partial charge in [-0.2, -0.15) is 0 Å². The Morgan fingerprint density at radius 1 is 0.538 bits per heavy atom. The van der Waals surface area contributed by atoms with Crippen LogP contribution in [-0.4, -0.2) is 77.8 Å². The molecule has 0 aliphatic heterocycles. The zero-order chi connectivity index (χ0) is 37.8. The topological polar surface area (TPSA) is 229 Å². The molecule has 0 bridgehead atoms. The molecule has 2 aromatic heterocycles. The minimum absolute atomic E-state index is 0.00977. The highest BCUT2D eigenvalue weighted by molar-refractivity contribution is 14.1. The Balaban J connectivity index is 1.28. The van der Waals surface area contributed by atoms with E-state index in [1.165, 1.54) is 6.07 Å². The molecule has 0 amide bonds. The van der Waals surface area contributed by atoms with E-state index >= 15 is 0 Å². The normalized spacial score (nSPS) is 11.7. The van der Waals surface area contributed by atoms with E-state index in [1.54, 1.807) is 42.1 Å². The average molecular weight is 936 g/mol. The number of halogens is 2. The summed E-state index contributed by atoms with van der Waals surface area (Å²) >= 11 is 4.26. The van der Waals surface area contributed by atoms with Crippen molar-refractivity contribution in [1.29, 1.82) is 0 Å². The molecule has 0 aliphatic rings. The van der Waals surface area contributed by atoms with E-state index in [0.717, 1.165) is 31.4 Å². The quantitative estimate of drug-likeness (QED) is 0.0648. The Labute approximate surface area is 320 Å². The van der Waals surface area contributed by atoms with Crippen molar-refractivity contribution in [2.24, 2.45) is 0 Å². The monoisotopic (exact) mass is 936 g/mol. The third-order valence-corrected chi connectivity index (χ3v) is 11.4. The van der Waals surface area contributed by atoms with E-state index in [4.69, 9.17) is 8.83 Å². The number of likely N-dealkylation sites (N-methyl/N-ethyl adjacent to an activating group) is 2. The van der Waals surface area contributed by atoms with Gasteiger partial charge in [0.2, 0.25) is 22.4 Å². The van der Waals surface area contributed by atoms with Gasteiger partial charge >= 0.3 is 0 Å². The lowest BCUT2D eigenvalue weighted by Gasteiger charge is -2.23. The first-order valence-corrected chi connectivity index (χ1v) is 17.5. The van der Waals surface area contributed by atoms with Crippen LogP contribution in [0.25, 0.3) is 44.6 Å². The Morgan fingerprint density at radius 2 is 0.981 bits per heavy atom. The van der Waals surface area contributed by atoms with Crippen LogP contribution < -0.4 is 10.9 Å². The molecule has 16 heteroatoms. The molecule has 0 saturated heterocycles. The van der Waals surface area contributed by atoms with Crippen LogP contribution in [0.15, 0.2) is 67.0 Å². The minimum Gasteiger partial charge on any atom is -0.507 e. The Kier molecular flexibility index (Phi) is 10.1. The largest absolute Gasteiger partial charge is 0.507 e. The van der Waals surface area contributed by atoms with Crippen molar-refractivity contribution in [1.82, 2.24) is 9.80 Å². The number of phenols is 6. The maximum absolute atomic E-state index is 13.3. The van der Waals surface area contributed by atoms with Crippen LogP contribution >= 0.6 is 45.2 Å². The molecule has 0 fully saturated rings. The summed E-state index contributed by atoms with van der Waals surface area (Å²) in [6, 6.07) is 10.7. The molecule has 0 spiro atoms. The van der Waals surface area contributed by atoms with Crippen LogP contribution in [0.2, 0.25) is 0 Å². The fourth-order valence-corrected chi connectivity index (χ4v) is 6.64. The lowest BCUT2D eigenvalue weighted by molar-refractivity contribution is 0.243. The summed E-state index contributed by atoms with van der Waals surface area (Å²) in [6.07, 6.45) is 0. The molecule has 0 unspecified atom stereocenters. The predicted octanol–water partition coefficient (Wildman–Crippen LogP) is 5.65. The Bertz CT molecular complexity index is 2360. The summed E-state index contributed by atoms with van der Waals surface area (Å²) in [6.45, 7) is 0.692. The van der Waals surface area contributed by atoms with Crippen molar-refractivity contribution in [3.63, 3.8) is 0 Å². The van der Waals surface area contributed by atoms with E-state index < -0.39 is 51.1 Å². The SMILES string of the molecule is CN(CCN(C)Cc1c(O)cc(O)c2c(=O)c(O)c(-c3ccc(I)c(I)c3)oc12)Cc1c(O)cc(O)c2c(=O)c(O)c(-c3ccc(O)c(O)c3)oc12. The smallest absolute Gasteiger partial charge is 0.238 e. The molecule has 52 heavy (non-hydrogen) atoms. The van der Waals surface area contributed by atoms with Crippen LogP contribution in [0.1, 0.15) is 11.1 Å². The van der Waals surface area contributed by atoms with Gasteiger partial charge in [0.25, 0.3) is 0 Å². The number of fused-ring (bicyclic) bond motifs is 2. The second kappa shape index (κ2) is 14.2. The number of benzene rings is 4. The zero-order valence-electron chi connectivity index (χ0n) is 27.3. The van der Waals surface area contributed by atoms with Crippen molar-refractivity contribution in [2.45, 2.75) is 13.1 Å². The summed E-state index contributed by atoms with van der Waals surface area (Å²) in [5, 5.41) is 83.3. The zero-order valence-corrected chi connectivity index (χ0v) is 31.6. The molecule has 0 radical (unpaired) electrons. The van der Waals surface area contributed by atoms with E-state index in [2.05, 4.69) is 45.2 Å². The number of hydrogen-bond acceptors (Lipinski definition) is 14. The van der Waals surface area contributed by atoms with Crippen LogP contribution in [0.3, 0.4) is 0 Å². The van der Waals surface area contributed by atoms with E-state index in [-0.39, 0.29) is 69.0 Å². The molecule has 0 aliphatic carbocycles. The van der Waals surface area contributed by atoms with E-state index in [9.17, 15) is 50.4 Å². The van der Waals surface area contributed by atoms with Crippen LogP contribution in [0.5, 0.6) is 46.0 Å². The number of rotatable bonds is 9. The highest BCUT2D eigenvalue weighted by Crippen LogP contribution is 2.41. The third kappa shape index (κ3) is 6.73. The number of nitrogens with zero attached hydrogens (tertiary/aromatic N) is 2. The lowest BCUT2D eigenvalue weighted by Crippen LogP contribution is -2.30. The van der Waals surface area contributed by atoms with Crippen LogP contribution in [0.4, 0.5) is 0 Å². The highest BCUT2D eigenvalue weighted by Gasteiger charge is 2.26. The fourth-order valence-electron chi connectivity index (χ4n) is 5.79. The predicted molar refractivity (Wildman–Crippen MR) is 207 cm³/mol. The molecular formula is C36H30I2N2O12. The van der Waals surface area contributed by atoms with Crippen LogP contribution in [-0.2, 0) is 13.1 Å². The summed E-state index contributed by atoms with van der Waals surface area (Å²) in [7, 11) is 3.45. The summed E-state index contributed by atoms with van der Waals surface area (Å²) in [4.78, 5) is 30.0. The number of hydrogen-bond donors (Lipinski definition) is 8. The summed E-state index contributed by atoms with van der Waals surface area (Å²) < 4.78 is 13.7. The van der Waals surface area contributed by atoms with E-state index in [1.807, 2.05) is 0 Å². The minimum atomic E-state index is -0.981. The molecule has 0 atom stereocenters. The lowest BCUT2D eigenvalue weighted by atomic mass is 10.0. The fraction of sp³-hybridized carbons (Fsp3) is 0.167. The molecule has 6 aromatic rings. The van der Waals surface area contributed by atoms with Gasteiger partial charge in [-0.15, -0.1) is 0 Å². The van der Waals surface area contributed by atoms with Crippen molar-refractivity contribution in [3.8, 4) is 68.6 Å². The van der Waals surface area contributed by atoms with Gasteiger partial charge in [0, 0.05) is 56.6 Å². The van der Waals surface area contributed by atoms with Gasteiger partial charge in [0.15, 0.2) is 34.2 Å². The van der Waals surface area contributed by atoms with Crippen molar-refractivity contribution in [2.75, 3.05) is 27.2 Å². The highest BCUT2D eigenvalue weighted by atomic mass is 127. The van der Waals surface area contributed by atoms with Gasteiger partial charge < -0.3 is 59.5 Å². The van der Waals surface area contributed by atoms with Crippen molar-refractivity contribution < 1.29 is 49.7 Å². The molecule has 4 aromatic carbocycles. The molecule has 2 heterocycles. The van der Waals surface area contributed by atoms with Gasteiger partial charge in [-0.25, -0.2) is 0 Å². The molecule has 8 N–H and O–H groups in total. The van der Waals surface area contributed by atoms with E-state index in [0.29, 0.717) is 18.7 Å². The first-order chi connectivity index (χ1) is 24.6. The summed E-state index contributed by atoms with van der Waals surface area (Å²) in [5.41, 5.74) is -1.38. The average Bonchev–Trinajstić information content (AvgIpc) is 3.08. The first-order valence-electron chi connectivity index (χ1n) is 15.4. The number of phenolic OH excluding ortho intramolecular Hbond substituents is 6. The van der Waals surface area contributed by atoms with Gasteiger partial charge in [-0.1, -0.05) is 0 Å². The van der Waals surface area contributed by atoms with Gasteiger partial charge in [-0.05, 0) is 95.7 Å². The molecular weight excluding hydrogens is 906 g/mol. The second-order valence-electron chi connectivity index (χ2n) is 12.2. The standard InChI is InChI=1S/C36H30I2N2O12/c1-39(13-17-22(42)11-25(45)27-29(47)31(49)33(51-35(17)27)15-3-5-19(37)20(38)9-15)7-8-40(2)14-18-23(43)12-26(46)28-30(48)32(50)34(52-36(18)28)16-4-6-21(41)24(44)10-16/h3-6,9-12,41-46,49-50H,7-8,13-14H2,1-2H3. The summed E-state index contributed by atoms with van der Waals surface area (Å²) in [5.74, 6) is -4.89. The van der Waals surface area contributed by atoms with Crippen LogP contribution in [0, 0.1) is 7.14 Å². The Morgan fingerprint density at radius 3 is 1.42 bits per heavy atom. The second-order valence-corrected chi connectivity index (χ2v) is 14.5. The maximum Gasteiger partial charge on any atom is 0.238 e. The van der Waals surface area contributed by atoms with Gasteiger partial charge in [0.05, 0.1) is 11.1 Å². The molecule has 14 nitrogen and oxygen atoms in total. The molecule has 6 rings (SSSR count). The third-order valence-electron chi connectivity index (χ3n) is 8.54. The molecule has 0 saturated carbocycles. The van der Waals surface area contributed by atoms with Gasteiger partial charge in [-0.3, -0.25) is 9.59 Å².